The maximum Gasteiger partial charge on any atom is 0.191 e. The minimum absolute atomic E-state index is 0.0803. The van der Waals surface area contributed by atoms with Crippen molar-refractivity contribution in [3.8, 4) is 0 Å². The predicted octanol–water partition coefficient (Wildman–Crippen LogP) is 0.497. The van der Waals surface area contributed by atoms with Gasteiger partial charge in [0.1, 0.15) is 0 Å². The first-order chi connectivity index (χ1) is 10.1. The van der Waals surface area contributed by atoms with Gasteiger partial charge in [0, 0.05) is 19.6 Å². The molecule has 0 aliphatic carbocycles. The van der Waals surface area contributed by atoms with E-state index < -0.39 is 9.84 Å². The van der Waals surface area contributed by atoms with Crippen molar-refractivity contribution >= 4 is 15.8 Å². The third kappa shape index (κ3) is 4.71. The highest BCUT2D eigenvalue weighted by Gasteiger charge is 2.14. The first-order valence-corrected chi connectivity index (χ1v) is 8.65. The van der Waals surface area contributed by atoms with Gasteiger partial charge in [0.05, 0.1) is 23.9 Å². The molecule has 1 aromatic rings. The van der Waals surface area contributed by atoms with Crippen LogP contribution in [0, 0.1) is 0 Å². The predicted molar refractivity (Wildman–Crippen MR) is 82.0 cm³/mol. The smallest absolute Gasteiger partial charge is 0.191 e. The summed E-state index contributed by atoms with van der Waals surface area (Å²) in [5.41, 5.74) is 5.88. The van der Waals surface area contributed by atoms with Crippen LogP contribution in [0.25, 0.3) is 0 Å². The van der Waals surface area contributed by atoms with E-state index in [1.54, 1.807) is 30.3 Å². The van der Waals surface area contributed by atoms with E-state index >= 15 is 0 Å². The van der Waals surface area contributed by atoms with Gasteiger partial charge in [-0.25, -0.2) is 8.42 Å². The van der Waals surface area contributed by atoms with Gasteiger partial charge in [-0.05, 0) is 18.6 Å². The molecule has 0 radical (unpaired) electrons. The zero-order chi connectivity index (χ0) is 15.1. The molecule has 116 valence electrons. The average Bonchev–Trinajstić information content (AvgIpc) is 2.53. The maximum absolute atomic E-state index is 12.1. The molecule has 0 bridgehead atoms. The second kappa shape index (κ2) is 7.42. The third-order valence-corrected chi connectivity index (χ3v) is 5.10. The lowest BCUT2D eigenvalue weighted by Crippen LogP contribution is -2.44. The van der Waals surface area contributed by atoms with Crippen LogP contribution in [0.15, 0.2) is 40.2 Å². The van der Waals surface area contributed by atoms with Gasteiger partial charge in [-0.1, -0.05) is 18.2 Å². The maximum atomic E-state index is 12.1. The molecule has 1 aromatic carbocycles. The highest BCUT2D eigenvalue weighted by molar-refractivity contribution is 7.91. The van der Waals surface area contributed by atoms with Crippen molar-refractivity contribution < 1.29 is 13.2 Å². The standard InChI is InChI=1S/C14H21N3O3S/c15-14(17-8-10-20-11-9-17)16-7-4-12-21(18,19)13-5-2-1-3-6-13/h1-3,5-6H,4,7-12H2,(H2,15,16). The number of benzene rings is 1. The summed E-state index contributed by atoms with van der Waals surface area (Å²) in [4.78, 5) is 6.56. The Labute approximate surface area is 125 Å². The second-order valence-electron chi connectivity index (χ2n) is 4.82. The summed E-state index contributed by atoms with van der Waals surface area (Å²) in [6.07, 6.45) is 0.461. The molecule has 0 unspecified atom stereocenters. The van der Waals surface area contributed by atoms with Gasteiger partial charge in [0.2, 0.25) is 0 Å². The van der Waals surface area contributed by atoms with E-state index in [4.69, 9.17) is 10.5 Å². The van der Waals surface area contributed by atoms with Crippen molar-refractivity contribution in [3.63, 3.8) is 0 Å². The van der Waals surface area contributed by atoms with Gasteiger partial charge in [0.15, 0.2) is 15.8 Å². The molecule has 1 saturated heterocycles. The number of ether oxygens (including phenoxy) is 1. The second-order valence-corrected chi connectivity index (χ2v) is 6.93. The Hall–Kier alpha value is -1.60. The number of morpholine rings is 1. The van der Waals surface area contributed by atoms with Gasteiger partial charge < -0.3 is 15.4 Å². The highest BCUT2D eigenvalue weighted by Crippen LogP contribution is 2.11. The van der Waals surface area contributed by atoms with E-state index in [-0.39, 0.29) is 5.75 Å². The number of nitrogens with zero attached hydrogens (tertiary/aromatic N) is 2. The minimum atomic E-state index is -3.23. The molecule has 21 heavy (non-hydrogen) atoms. The molecule has 1 aliphatic rings. The van der Waals surface area contributed by atoms with Crippen molar-refractivity contribution in [2.24, 2.45) is 10.7 Å². The Bertz CT molecular complexity index is 566. The van der Waals surface area contributed by atoms with Crippen LogP contribution in [0.5, 0.6) is 0 Å². The third-order valence-electron chi connectivity index (χ3n) is 3.28. The molecule has 1 heterocycles. The van der Waals surface area contributed by atoms with Crippen LogP contribution in [0.3, 0.4) is 0 Å². The van der Waals surface area contributed by atoms with E-state index in [1.807, 2.05) is 4.90 Å². The van der Waals surface area contributed by atoms with E-state index in [0.717, 1.165) is 13.1 Å². The monoisotopic (exact) mass is 311 g/mol. The SMILES string of the molecule is NC(=NCCCS(=O)(=O)c1ccccc1)N1CCOCC1. The quantitative estimate of drug-likeness (QED) is 0.486. The molecule has 2 rings (SSSR count). The Morgan fingerprint density at radius 2 is 1.90 bits per heavy atom. The summed E-state index contributed by atoms with van der Waals surface area (Å²) in [6, 6.07) is 8.47. The molecule has 0 aromatic heterocycles. The normalized spacial score (nSPS) is 17.0. The zero-order valence-electron chi connectivity index (χ0n) is 11.9. The van der Waals surface area contributed by atoms with Gasteiger partial charge in [-0.2, -0.15) is 0 Å². The fourth-order valence-electron chi connectivity index (χ4n) is 2.09. The van der Waals surface area contributed by atoms with E-state index in [9.17, 15) is 8.42 Å². The van der Waals surface area contributed by atoms with Gasteiger partial charge in [-0.3, -0.25) is 4.99 Å². The highest BCUT2D eigenvalue weighted by atomic mass is 32.2. The number of hydrogen-bond donors (Lipinski definition) is 1. The lowest BCUT2D eigenvalue weighted by molar-refractivity contribution is 0.0674. The van der Waals surface area contributed by atoms with Gasteiger partial charge in [-0.15, -0.1) is 0 Å². The molecule has 1 aliphatic heterocycles. The molecule has 0 saturated carbocycles. The summed E-state index contributed by atoms with van der Waals surface area (Å²) in [5.74, 6) is 0.548. The van der Waals surface area contributed by atoms with Crippen molar-refractivity contribution in [2.75, 3.05) is 38.6 Å². The van der Waals surface area contributed by atoms with Crippen LogP contribution in [0.1, 0.15) is 6.42 Å². The summed E-state index contributed by atoms with van der Waals surface area (Å²) < 4.78 is 29.4. The fraction of sp³-hybridized carbons (Fsp3) is 0.500. The Balaban J connectivity index is 1.81. The Morgan fingerprint density at radius 3 is 2.57 bits per heavy atom. The molecule has 1 fully saturated rings. The van der Waals surface area contributed by atoms with E-state index in [0.29, 0.717) is 37.0 Å². The number of guanidine groups is 1. The van der Waals surface area contributed by atoms with Gasteiger partial charge in [0.25, 0.3) is 0 Å². The first-order valence-electron chi connectivity index (χ1n) is 7.00. The Kier molecular flexibility index (Phi) is 5.58. The van der Waals surface area contributed by atoms with Crippen LogP contribution in [-0.4, -0.2) is 57.9 Å². The fourth-order valence-corrected chi connectivity index (χ4v) is 3.40. The lowest BCUT2D eigenvalue weighted by atomic mass is 10.4. The zero-order valence-corrected chi connectivity index (χ0v) is 12.8. The summed E-state index contributed by atoms with van der Waals surface area (Å²) >= 11 is 0. The molecule has 0 amide bonds. The largest absolute Gasteiger partial charge is 0.378 e. The van der Waals surface area contributed by atoms with Crippen molar-refractivity contribution in [3.05, 3.63) is 30.3 Å². The first kappa shape index (κ1) is 15.8. The van der Waals surface area contributed by atoms with Crippen LogP contribution < -0.4 is 5.73 Å². The van der Waals surface area contributed by atoms with Crippen molar-refractivity contribution in [1.29, 1.82) is 0 Å². The minimum Gasteiger partial charge on any atom is -0.378 e. The molecule has 0 spiro atoms. The van der Waals surface area contributed by atoms with Crippen LogP contribution in [0.2, 0.25) is 0 Å². The Morgan fingerprint density at radius 1 is 1.24 bits per heavy atom. The molecule has 7 heteroatoms. The molecule has 2 N–H and O–H groups in total. The van der Waals surface area contributed by atoms with Crippen LogP contribution in [0.4, 0.5) is 0 Å². The van der Waals surface area contributed by atoms with Crippen LogP contribution >= 0.6 is 0 Å². The summed E-state index contributed by atoms with van der Waals surface area (Å²) in [6.45, 7) is 3.18. The molecule has 6 nitrogen and oxygen atoms in total. The summed E-state index contributed by atoms with van der Waals surface area (Å²) in [7, 11) is -3.23. The van der Waals surface area contributed by atoms with Crippen LogP contribution in [-0.2, 0) is 14.6 Å². The number of hydrogen-bond acceptors (Lipinski definition) is 4. The van der Waals surface area contributed by atoms with Crippen molar-refractivity contribution in [2.45, 2.75) is 11.3 Å². The average molecular weight is 311 g/mol. The van der Waals surface area contributed by atoms with Gasteiger partial charge >= 0.3 is 0 Å². The number of aliphatic imine (C=N–C) groups is 1. The molecular formula is C14H21N3O3S. The number of sulfone groups is 1. The van der Waals surface area contributed by atoms with E-state index in [1.165, 1.54) is 0 Å². The molecular weight excluding hydrogens is 290 g/mol. The summed E-state index contributed by atoms with van der Waals surface area (Å²) in [5, 5.41) is 0. The topological polar surface area (TPSA) is 85.0 Å². The number of nitrogens with two attached hydrogens (primary N) is 1. The number of rotatable bonds is 5. The molecule has 0 atom stereocenters. The lowest BCUT2D eigenvalue weighted by Gasteiger charge is -2.27. The van der Waals surface area contributed by atoms with Crippen molar-refractivity contribution in [1.82, 2.24) is 4.90 Å². The van der Waals surface area contributed by atoms with E-state index in [2.05, 4.69) is 4.99 Å².